The van der Waals surface area contributed by atoms with Crippen molar-refractivity contribution in [2.75, 3.05) is 0 Å². The number of aryl methyl sites for hydroxylation is 1. The van der Waals surface area contributed by atoms with Crippen LogP contribution in [0.3, 0.4) is 0 Å². The molecule has 0 fully saturated rings. The van der Waals surface area contributed by atoms with Gasteiger partial charge in [0.05, 0.1) is 11.6 Å². The van der Waals surface area contributed by atoms with E-state index in [9.17, 15) is 0 Å². The van der Waals surface area contributed by atoms with Crippen molar-refractivity contribution in [2.24, 2.45) is 0 Å². The normalized spacial score (nSPS) is 17.4. The van der Waals surface area contributed by atoms with Crippen LogP contribution >= 0.6 is 0 Å². The predicted octanol–water partition coefficient (Wildman–Crippen LogP) is 3.07. The van der Waals surface area contributed by atoms with Gasteiger partial charge in [0.25, 0.3) is 0 Å². The van der Waals surface area contributed by atoms with E-state index in [4.69, 9.17) is 5.26 Å². The molecule has 0 N–H and O–H groups in total. The summed E-state index contributed by atoms with van der Waals surface area (Å²) in [7, 11) is 0. The first kappa shape index (κ1) is 12.1. The summed E-state index contributed by atoms with van der Waals surface area (Å²) in [6, 6.07) is 14.3. The van der Waals surface area contributed by atoms with Crippen molar-refractivity contribution in [3.63, 3.8) is 0 Å². The molecule has 1 aliphatic rings. The molecular weight excluding hydrogens is 260 g/mol. The Labute approximate surface area is 122 Å². The molecule has 102 valence electrons. The molecule has 1 unspecified atom stereocenters. The van der Waals surface area contributed by atoms with E-state index in [2.05, 4.69) is 40.5 Å². The third-order valence-electron chi connectivity index (χ3n) is 4.25. The average Bonchev–Trinajstić information content (AvgIpc) is 2.97. The number of hydrogen-bond acceptors (Lipinski definition) is 3. The first-order chi connectivity index (χ1) is 10.4. The van der Waals surface area contributed by atoms with Crippen LogP contribution in [0.1, 0.15) is 41.3 Å². The van der Waals surface area contributed by atoms with Crippen LogP contribution in [0.15, 0.2) is 42.6 Å². The third-order valence-corrected chi connectivity index (χ3v) is 4.25. The first-order valence-electron chi connectivity index (χ1n) is 7.19. The molecule has 4 heteroatoms. The van der Waals surface area contributed by atoms with Gasteiger partial charge in [-0.1, -0.05) is 24.3 Å². The standard InChI is InChI=1S/C17H14N4/c18-11-12-8-9-21-16(10-12)19-20-17(21)15-7-3-5-13-4-1-2-6-14(13)15/h1-2,4,6,8-10,15H,3,5,7H2. The zero-order valence-electron chi connectivity index (χ0n) is 11.5. The number of rotatable bonds is 1. The van der Waals surface area contributed by atoms with Gasteiger partial charge in [0.15, 0.2) is 5.65 Å². The monoisotopic (exact) mass is 274 g/mol. The Balaban J connectivity index is 1.87. The summed E-state index contributed by atoms with van der Waals surface area (Å²) in [5, 5.41) is 17.6. The average molecular weight is 274 g/mol. The number of fused-ring (bicyclic) bond motifs is 2. The second kappa shape index (κ2) is 4.71. The number of aromatic nitrogens is 3. The highest BCUT2D eigenvalue weighted by Gasteiger charge is 2.25. The van der Waals surface area contributed by atoms with E-state index < -0.39 is 0 Å². The molecular formula is C17H14N4. The molecule has 0 radical (unpaired) electrons. The summed E-state index contributed by atoms with van der Waals surface area (Å²) in [6.07, 6.45) is 5.31. The van der Waals surface area contributed by atoms with Gasteiger partial charge in [-0.25, -0.2) is 0 Å². The molecule has 1 atom stereocenters. The molecule has 0 spiro atoms. The van der Waals surface area contributed by atoms with Crippen molar-refractivity contribution < 1.29 is 0 Å². The van der Waals surface area contributed by atoms with Gasteiger partial charge >= 0.3 is 0 Å². The fourth-order valence-corrected chi connectivity index (χ4v) is 3.24. The number of benzene rings is 1. The molecule has 0 aliphatic heterocycles. The SMILES string of the molecule is N#Cc1ccn2c(C3CCCc4ccccc43)nnc2c1. The summed E-state index contributed by atoms with van der Waals surface area (Å²) in [5.41, 5.74) is 4.14. The van der Waals surface area contributed by atoms with Gasteiger partial charge in [-0.3, -0.25) is 4.40 Å². The first-order valence-corrected chi connectivity index (χ1v) is 7.19. The Morgan fingerprint density at radius 2 is 2.10 bits per heavy atom. The molecule has 2 heterocycles. The molecule has 0 saturated carbocycles. The highest BCUT2D eigenvalue weighted by molar-refractivity contribution is 5.47. The van der Waals surface area contributed by atoms with Crippen LogP contribution in [-0.4, -0.2) is 14.6 Å². The van der Waals surface area contributed by atoms with E-state index in [1.807, 2.05) is 16.7 Å². The van der Waals surface area contributed by atoms with Crippen LogP contribution in [0, 0.1) is 11.3 Å². The maximum Gasteiger partial charge on any atom is 0.162 e. The van der Waals surface area contributed by atoms with Crippen LogP contribution in [0.2, 0.25) is 0 Å². The Morgan fingerprint density at radius 1 is 1.19 bits per heavy atom. The van der Waals surface area contributed by atoms with Crippen molar-refractivity contribution in [2.45, 2.75) is 25.2 Å². The topological polar surface area (TPSA) is 54.0 Å². The van der Waals surface area contributed by atoms with E-state index in [0.717, 1.165) is 24.3 Å². The van der Waals surface area contributed by atoms with Crippen molar-refractivity contribution in [3.05, 3.63) is 65.1 Å². The third kappa shape index (κ3) is 1.90. The molecule has 3 aromatic rings. The minimum absolute atomic E-state index is 0.290. The lowest BCUT2D eigenvalue weighted by molar-refractivity contribution is 0.586. The summed E-state index contributed by atoms with van der Waals surface area (Å²) in [5.74, 6) is 1.26. The fourth-order valence-electron chi connectivity index (χ4n) is 3.24. The largest absolute Gasteiger partial charge is 0.286 e. The van der Waals surface area contributed by atoms with E-state index in [1.54, 1.807) is 6.07 Å². The lowest BCUT2D eigenvalue weighted by Crippen LogP contribution is -2.13. The number of pyridine rings is 1. The van der Waals surface area contributed by atoms with Crippen LogP contribution < -0.4 is 0 Å². The Hall–Kier alpha value is -2.67. The van der Waals surface area contributed by atoms with E-state index >= 15 is 0 Å². The van der Waals surface area contributed by atoms with Gasteiger partial charge in [-0.15, -0.1) is 10.2 Å². The van der Waals surface area contributed by atoms with Crippen LogP contribution in [0.25, 0.3) is 5.65 Å². The van der Waals surface area contributed by atoms with Gasteiger partial charge in [-0.2, -0.15) is 5.26 Å². The van der Waals surface area contributed by atoms with Crippen molar-refractivity contribution in [1.29, 1.82) is 5.26 Å². The molecule has 0 saturated heterocycles. The van der Waals surface area contributed by atoms with E-state index in [1.165, 1.54) is 17.5 Å². The molecule has 4 rings (SSSR count). The zero-order chi connectivity index (χ0) is 14.2. The zero-order valence-corrected chi connectivity index (χ0v) is 11.5. The summed E-state index contributed by atoms with van der Waals surface area (Å²) < 4.78 is 2.01. The molecule has 21 heavy (non-hydrogen) atoms. The molecule has 4 nitrogen and oxygen atoms in total. The van der Waals surface area contributed by atoms with Crippen LogP contribution in [0.5, 0.6) is 0 Å². The smallest absolute Gasteiger partial charge is 0.162 e. The second-order valence-electron chi connectivity index (χ2n) is 5.46. The highest BCUT2D eigenvalue weighted by Crippen LogP contribution is 2.35. The number of nitrogens with zero attached hydrogens (tertiary/aromatic N) is 4. The minimum Gasteiger partial charge on any atom is -0.286 e. The van der Waals surface area contributed by atoms with Crippen LogP contribution in [-0.2, 0) is 6.42 Å². The highest BCUT2D eigenvalue weighted by atomic mass is 15.2. The van der Waals surface area contributed by atoms with Crippen molar-refractivity contribution in [1.82, 2.24) is 14.6 Å². The van der Waals surface area contributed by atoms with Crippen molar-refractivity contribution in [3.8, 4) is 6.07 Å². The minimum atomic E-state index is 0.290. The predicted molar refractivity (Wildman–Crippen MR) is 78.9 cm³/mol. The van der Waals surface area contributed by atoms with Gasteiger partial charge in [0, 0.05) is 18.2 Å². The van der Waals surface area contributed by atoms with E-state index in [-0.39, 0.29) is 5.92 Å². The maximum absolute atomic E-state index is 8.98. The molecule has 1 aromatic carbocycles. The maximum atomic E-state index is 8.98. The number of nitriles is 1. The lowest BCUT2D eigenvalue weighted by Gasteiger charge is -2.24. The molecule has 1 aliphatic carbocycles. The second-order valence-corrected chi connectivity index (χ2v) is 5.46. The Kier molecular flexibility index (Phi) is 2.71. The van der Waals surface area contributed by atoms with Gasteiger partial charge < -0.3 is 0 Å². The Morgan fingerprint density at radius 3 is 3.00 bits per heavy atom. The summed E-state index contributed by atoms with van der Waals surface area (Å²) in [6.45, 7) is 0. The van der Waals surface area contributed by atoms with E-state index in [0.29, 0.717) is 5.56 Å². The fraction of sp³-hybridized carbons (Fsp3) is 0.235. The lowest BCUT2D eigenvalue weighted by atomic mass is 9.82. The van der Waals surface area contributed by atoms with Gasteiger partial charge in [0.1, 0.15) is 5.82 Å². The summed E-state index contributed by atoms with van der Waals surface area (Å²) in [4.78, 5) is 0. The van der Waals surface area contributed by atoms with Gasteiger partial charge in [-0.05, 0) is 36.5 Å². The van der Waals surface area contributed by atoms with Crippen LogP contribution in [0.4, 0.5) is 0 Å². The van der Waals surface area contributed by atoms with Crippen molar-refractivity contribution >= 4 is 5.65 Å². The Bertz CT molecular complexity index is 857. The molecule has 2 aromatic heterocycles. The molecule has 0 amide bonds. The number of hydrogen-bond donors (Lipinski definition) is 0. The summed E-state index contributed by atoms with van der Waals surface area (Å²) >= 11 is 0. The quantitative estimate of drug-likeness (QED) is 0.685. The van der Waals surface area contributed by atoms with Gasteiger partial charge in [0.2, 0.25) is 0 Å². The molecule has 0 bridgehead atoms.